The number of nitrogens with one attached hydrogen (secondary N) is 1. The van der Waals surface area contributed by atoms with Crippen LogP contribution < -0.4 is 5.32 Å². The molecule has 0 radical (unpaired) electrons. The van der Waals surface area contributed by atoms with Crippen molar-refractivity contribution < 1.29 is 13.5 Å². The van der Waals surface area contributed by atoms with Crippen LogP contribution in [-0.2, 0) is 16.6 Å². The van der Waals surface area contributed by atoms with Crippen molar-refractivity contribution in [2.24, 2.45) is 5.92 Å². The summed E-state index contributed by atoms with van der Waals surface area (Å²) in [6, 6.07) is 22.3. The molecule has 0 saturated carbocycles. The second-order valence-electron chi connectivity index (χ2n) is 8.53. The van der Waals surface area contributed by atoms with E-state index >= 15 is 0 Å². The van der Waals surface area contributed by atoms with Gasteiger partial charge in [-0.25, -0.2) is 8.42 Å². The van der Waals surface area contributed by atoms with Crippen molar-refractivity contribution in [3.05, 3.63) is 102 Å². The van der Waals surface area contributed by atoms with E-state index in [0.29, 0.717) is 11.4 Å². The number of nitrogens with zero attached hydrogens (tertiary/aromatic N) is 1. The summed E-state index contributed by atoms with van der Waals surface area (Å²) in [7, 11) is -2.01. The molecule has 2 N–H and O–H groups in total. The number of rotatable bonds is 5. The van der Waals surface area contributed by atoms with Crippen molar-refractivity contribution in [2.75, 3.05) is 12.4 Å². The van der Waals surface area contributed by atoms with Crippen LogP contribution in [0.15, 0.2) is 89.8 Å². The zero-order valence-corrected chi connectivity index (χ0v) is 18.7. The number of hydrogen-bond acceptors (Lipinski definition) is 4. The van der Waals surface area contributed by atoms with Crippen LogP contribution in [0.3, 0.4) is 0 Å². The maximum absolute atomic E-state index is 13.3. The zero-order chi connectivity index (χ0) is 22.3. The lowest BCUT2D eigenvalue weighted by Gasteiger charge is -2.38. The quantitative estimate of drug-likeness (QED) is 0.539. The molecule has 3 atom stereocenters. The van der Waals surface area contributed by atoms with Gasteiger partial charge in [0.2, 0.25) is 10.0 Å². The second-order valence-corrected chi connectivity index (χ2v) is 10.6. The minimum absolute atomic E-state index is 0.0353. The first kappa shape index (κ1) is 20.8. The Bertz CT molecular complexity index is 1270. The van der Waals surface area contributed by atoms with Gasteiger partial charge < -0.3 is 10.4 Å². The van der Waals surface area contributed by atoms with E-state index in [2.05, 4.69) is 17.5 Å². The maximum atomic E-state index is 13.3. The molecule has 1 aliphatic heterocycles. The van der Waals surface area contributed by atoms with Gasteiger partial charge in [-0.15, -0.1) is 0 Å². The molecule has 5 rings (SSSR count). The van der Waals surface area contributed by atoms with Crippen molar-refractivity contribution in [1.29, 1.82) is 0 Å². The molecule has 3 aromatic rings. The molecule has 0 fully saturated rings. The second kappa shape index (κ2) is 8.11. The van der Waals surface area contributed by atoms with Gasteiger partial charge in [-0.05, 0) is 47.7 Å². The predicted octanol–water partition coefficient (Wildman–Crippen LogP) is 5.04. The minimum Gasteiger partial charge on any atom is -0.508 e. The Morgan fingerprint density at radius 2 is 1.75 bits per heavy atom. The van der Waals surface area contributed by atoms with E-state index in [1.54, 1.807) is 19.2 Å². The van der Waals surface area contributed by atoms with Crippen LogP contribution in [0, 0.1) is 5.92 Å². The third-order valence-electron chi connectivity index (χ3n) is 6.56. The molecule has 3 unspecified atom stereocenters. The molecule has 0 saturated heterocycles. The van der Waals surface area contributed by atoms with Gasteiger partial charge in [0, 0.05) is 30.8 Å². The summed E-state index contributed by atoms with van der Waals surface area (Å²) in [6.45, 7) is 0.319. The lowest BCUT2D eigenvalue weighted by atomic mass is 9.77. The van der Waals surface area contributed by atoms with E-state index in [-0.39, 0.29) is 23.6 Å². The molecule has 0 amide bonds. The van der Waals surface area contributed by atoms with Gasteiger partial charge in [0.25, 0.3) is 0 Å². The zero-order valence-electron chi connectivity index (χ0n) is 17.8. The smallest absolute Gasteiger partial charge is 0.243 e. The van der Waals surface area contributed by atoms with Crippen molar-refractivity contribution in [2.45, 2.75) is 29.8 Å². The van der Waals surface area contributed by atoms with Crippen LogP contribution in [0.25, 0.3) is 0 Å². The SMILES string of the molecule is CN(Cc1ccccc1)S(=O)(=O)c1ccc2c(c1)C1C=CCC1C(c1ccccc1O)N2. The lowest BCUT2D eigenvalue weighted by molar-refractivity contribution is 0.402. The average Bonchev–Trinajstić information content (AvgIpc) is 3.30. The highest BCUT2D eigenvalue weighted by molar-refractivity contribution is 7.89. The summed E-state index contributed by atoms with van der Waals surface area (Å²) < 4.78 is 28.0. The Morgan fingerprint density at radius 3 is 2.53 bits per heavy atom. The van der Waals surface area contributed by atoms with Crippen molar-refractivity contribution in [3.8, 4) is 5.75 Å². The van der Waals surface area contributed by atoms with Gasteiger partial charge in [-0.2, -0.15) is 4.31 Å². The number of hydrogen-bond donors (Lipinski definition) is 2. The Balaban J connectivity index is 1.48. The predicted molar refractivity (Wildman–Crippen MR) is 126 cm³/mol. The first-order valence-electron chi connectivity index (χ1n) is 10.8. The van der Waals surface area contributed by atoms with Crippen LogP contribution >= 0.6 is 0 Å². The number of anilines is 1. The Kier molecular flexibility index (Phi) is 5.27. The molecule has 32 heavy (non-hydrogen) atoms. The molecule has 1 aliphatic carbocycles. The van der Waals surface area contributed by atoms with Gasteiger partial charge in [0.15, 0.2) is 0 Å². The van der Waals surface area contributed by atoms with Crippen molar-refractivity contribution in [3.63, 3.8) is 0 Å². The molecule has 164 valence electrons. The summed E-state index contributed by atoms with van der Waals surface area (Å²) in [5.74, 6) is 0.599. The molecular weight excluding hydrogens is 420 g/mol. The van der Waals surface area contributed by atoms with Crippen LogP contribution in [0.4, 0.5) is 5.69 Å². The molecule has 5 nitrogen and oxygen atoms in total. The van der Waals surface area contributed by atoms with Crippen LogP contribution in [-0.4, -0.2) is 24.9 Å². The molecule has 0 spiro atoms. The molecule has 6 heteroatoms. The summed E-state index contributed by atoms with van der Waals surface area (Å²) >= 11 is 0. The largest absolute Gasteiger partial charge is 0.508 e. The van der Waals surface area contributed by atoms with Gasteiger partial charge in [-0.1, -0.05) is 60.7 Å². The molecule has 0 aromatic heterocycles. The van der Waals surface area contributed by atoms with E-state index in [1.807, 2.05) is 60.7 Å². The number of phenolic OH excluding ortho intramolecular Hbond substituents is 1. The van der Waals surface area contributed by atoms with E-state index in [9.17, 15) is 13.5 Å². The standard InChI is InChI=1S/C26H26N2O3S/c1-28(17-18-8-3-2-4-9-18)32(30,31)19-14-15-24-23(16-19)20-11-7-12-21(20)26(27-24)22-10-5-6-13-25(22)29/h2-11,13-16,20-21,26-27,29H,12,17H2,1H3. The van der Waals surface area contributed by atoms with E-state index in [4.69, 9.17) is 0 Å². The first-order chi connectivity index (χ1) is 15.4. The fraction of sp³-hybridized carbons (Fsp3) is 0.231. The number of fused-ring (bicyclic) bond motifs is 3. The van der Waals surface area contributed by atoms with Crippen molar-refractivity contribution in [1.82, 2.24) is 4.31 Å². The summed E-state index contributed by atoms with van der Waals surface area (Å²) in [5.41, 5.74) is 3.72. The highest BCUT2D eigenvalue weighted by Gasteiger charge is 2.39. The molecule has 0 bridgehead atoms. The molecule has 3 aromatic carbocycles. The van der Waals surface area contributed by atoms with Crippen LogP contribution in [0.2, 0.25) is 0 Å². The third-order valence-corrected chi connectivity index (χ3v) is 8.36. The number of phenols is 1. The number of para-hydroxylation sites is 1. The number of aromatic hydroxyl groups is 1. The van der Waals surface area contributed by atoms with Crippen LogP contribution in [0.1, 0.15) is 35.1 Å². The number of allylic oxidation sites excluding steroid dienone is 2. The third kappa shape index (κ3) is 3.59. The first-order valence-corrected chi connectivity index (χ1v) is 12.2. The molecule has 1 heterocycles. The van der Waals surface area contributed by atoms with Gasteiger partial charge in [-0.3, -0.25) is 0 Å². The van der Waals surface area contributed by atoms with E-state index in [1.165, 1.54) is 4.31 Å². The monoisotopic (exact) mass is 446 g/mol. The maximum Gasteiger partial charge on any atom is 0.243 e. The lowest BCUT2D eigenvalue weighted by Crippen LogP contribution is -2.30. The minimum atomic E-state index is -3.63. The highest BCUT2D eigenvalue weighted by atomic mass is 32.2. The Hall–Kier alpha value is -3.09. The molecule has 2 aliphatic rings. The number of sulfonamides is 1. The normalized spacial score (nSPS) is 21.8. The Labute approximate surface area is 189 Å². The van der Waals surface area contributed by atoms with Gasteiger partial charge in [0.1, 0.15) is 5.75 Å². The highest BCUT2D eigenvalue weighted by Crippen LogP contribution is 2.51. The average molecular weight is 447 g/mol. The summed E-state index contributed by atoms with van der Waals surface area (Å²) in [4.78, 5) is 0.302. The van der Waals surface area contributed by atoms with E-state index < -0.39 is 10.0 Å². The van der Waals surface area contributed by atoms with Crippen molar-refractivity contribution >= 4 is 15.7 Å². The topological polar surface area (TPSA) is 69.6 Å². The fourth-order valence-electron chi connectivity index (χ4n) is 4.90. The summed E-state index contributed by atoms with van der Waals surface area (Å²) in [6.07, 6.45) is 5.20. The Morgan fingerprint density at radius 1 is 1.00 bits per heavy atom. The molecular formula is C26H26N2O3S. The van der Waals surface area contributed by atoms with Crippen LogP contribution in [0.5, 0.6) is 5.75 Å². The number of benzene rings is 3. The van der Waals surface area contributed by atoms with E-state index in [0.717, 1.165) is 28.8 Å². The fourth-order valence-corrected chi connectivity index (χ4v) is 6.09. The summed E-state index contributed by atoms with van der Waals surface area (Å²) in [5, 5.41) is 14.0. The van der Waals surface area contributed by atoms with Gasteiger partial charge in [0.05, 0.1) is 10.9 Å². The van der Waals surface area contributed by atoms with Gasteiger partial charge >= 0.3 is 0 Å².